The van der Waals surface area contributed by atoms with Gasteiger partial charge in [-0.15, -0.1) is 0 Å². The van der Waals surface area contributed by atoms with Crippen molar-refractivity contribution in [3.8, 4) is 5.75 Å². The van der Waals surface area contributed by atoms with Gasteiger partial charge in [-0.05, 0) is 63.0 Å². The van der Waals surface area contributed by atoms with Gasteiger partial charge in [-0.2, -0.15) is 0 Å². The summed E-state index contributed by atoms with van der Waals surface area (Å²) in [5.41, 5.74) is 0.178. The molecule has 2 aliphatic heterocycles. The van der Waals surface area contributed by atoms with E-state index in [9.17, 15) is 9.59 Å². The highest BCUT2D eigenvalue weighted by Gasteiger charge is 2.28. The Bertz CT molecular complexity index is 573. The molecule has 2 aliphatic rings. The second-order valence-electron chi connectivity index (χ2n) is 6.51. The van der Waals surface area contributed by atoms with Crippen molar-refractivity contribution < 1.29 is 19.4 Å². The van der Waals surface area contributed by atoms with E-state index in [1.54, 1.807) is 4.90 Å². The lowest BCUT2D eigenvalue weighted by molar-refractivity contribution is 0.0697. The number of benzene rings is 1. The Hall–Kier alpha value is -2.08. The maximum absolute atomic E-state index is 12.2. The Morgan fingerprint density at radius 1 is 0.958 bits per heavy atom. The van der Waals surface area contributed by atoms with Gasteiger partial charge in [0.1, 0.15) is 5.75 Å². The molecule has 0 aliphatic carbocycles. The third kappa shape index (κ3) is 4.06. The molecule has 1 aromatic carbocycles. The van der Waals surface area contributed by atoms with Gasteiger partial charge in [-0.1, -0.05) is 6.42 Å². The van der Waals surface area contributed by atoms with Crippen molar-refractivity contribution in [2.75, 3.05) is 26.2 Å². The molecule has 6 heteroatoms. The molecule has 3 rings (SSSR count). The first-order chi connectivity index (χ1) is 11.6. The summed E-state index contributed by atoms with van der Waals surface area (Å²) in [5, 5.41) is 8.87. The minimum Gasteiger partial charge on any atom is -0.478 e. The third-order valence-corrected chi connectivity index (χ3v) is 4.94. The van der Waals surface area contributed by atoms with E-state index in [1.807, 2.05) is 0 Å². The van der Waals surface area contributed by atoms with Crippen LogP contribution in [-0.2, 0) is 0 Å². The number of carbonyl (C=O) groups excluding carboxylic acids is 1. The quantitative estimate of drug-likeness (QED) is 0.922. The van der Waals surface area contributed by atoms with E-state index in [-0.39, 0.29) is 11.7 Å². The molecule has 0 spiro atoms. The topological polar surface area (TPSA) is 70.1 Å². The first-order valence-electron chi connectivity index (χ1n) is 8.67. The summed E-state index contributed by atoms with van der Waals surface area (Å²) in [6.45, 7) is 3.80. The zero-order valence-corrected chi connectivity index (χ0v) is 13.8. The molecule has 0 unspecified atom stereocenters. The number of ether oxygens (including phenoxy) is 1. The number of likely N-dealkylation sites (tertiary alicyclic amines) is 2. The van der Waals surface area contributed by atoms with Gasteiger partial charge >= 0.3 is 12.1 Å². The average molecular weight is 332 g/mol. The summed E-state index contributed by atoms with van der Waals surface area (Å²) in [6.07, 6.45) is 5.54. The number of rotatable bonds is 3. The first kappa shape index (κ1) is 16.8. The lowest BCUT2D eigenvalue weighted by atomic mass is 10.0. The molecule has 0 aromatic heterocycles. The van der Waals surface area contributed by atoms with Crippen LogP contribution in [0.3, 0.4) is 0 Å². The normalized spacial score (nSPS) is 19.9. The summed E-state index contributed by atoms with van der Waals surface area (Å²) in [7, 11) is 0. The maximum Gasteiger partial charge on any atom is 0.415 e. The van der Waals surface area contributed by atoms with Crippen LogP contribution in [0.5, 0.6) is 5.75 Å². The predicted molar refractivity (Wildman–Crippen MR) is 89.4 cm³/mol. The number of amides is 1. The molecule has 130 valence electrons. The van der Waals surface area contributed by atoms with Crippen LogP contribution in [0.1, 0.15) is 42.5 Å². The van der Waals surface area contributed by atoms with E-state index >= 15 is 0 Å². The Morgan fingerprint density at radius 2 is 1.58 bits per heavy atom. The number of carboxylic acid groups (broad SMARTS) is 1. The second-order valence-corrected chi connectivity index (χ2v) is 6.51. The van der Waals surface area contributed by atoms with Crippen molar-refractivity contribution in [2.24, 2.45) is 0 Å². The van der Waals surface area contributed by atoms with Gasteiger partial charge in [0.2, 0.25) is 0 Å². The molecule has 2 fully saturated rings. The van der Waals surface area contributed by atoms with Gasteiger partial charge in [0, 0.05) is 19.1 Å². The average Bonchev–Trinajstić information content (AvgIpc) is 2.63. The van der Waals surface area contributed by atoms with Crippen molar-refractivity contribution in [3.05, 3.63) is 29.8 Å². The number of piperidine rings is 2. The van der Waals surface area contributed by atoms with Crippen LogP contribution >= 0.6 is 0 Å². The number of hydrogen-bond acceptors (Lipinski definition) is 4. The van der Waals surface area contributed by atoms with E-state index in [0.717, 1.165) is 12.8 Å². The molecule has 0 saturated carbocycles. The second kappa shape index (κ2) is 7.66. The van der Waals surface area contributed by atoms with Crippen molar-refractivity contribution in [1.29, 1.82) is 0 Å². The van der Waals surface area contributed by atoms with Gasteiger partial charge in [0.15, 0.2) is 0 Å². The lowest BCUT2D eigenvalue weighted by Gasteiger charge is -2.39. The fourth-order valence-corrected chi connectivity index (χ4v) is 3.53. The highest BCUT2D eigenvalue weighted by molar-refractivity contribution is 5.87. The van der Waals surface area contributed by atoms with Crippen LogP contribution in [-0.4, -0.2) is 59.2 Å². The number of carbonyl (C=O) groups is 2. The molecular weight excluding hydrogens is 308 g/mol. The summed E-state index contributed by atoms with van der Waals surface area (Å²) < 4.78 is 5.35. The molecule has 2 heterocycles. The molecule has 1 amide bonds. The highest BCUT2D eigenvalue weighted by atomic mass is 16.6. The zero-order chi connectivity index (χ0) is 16.9. The van der Waals surface area contributed by atoms with Crippen LogP contribution in [0, 0.1) is 0 Å². The summed E-state index contributed by atoms with van der Waals surface area (Å²) in [6, 6.07) is 6.49. The molecule has 0 atom stereocenters. The van der Waals surface area contributed by atoms with Crippen molar-refractivity contribution >= 4 is 12.1 Å². The number of hydrogen-bond donors (Lipinski definition) is 1. The fraction of sp³-hybridized carbons (Fsp3) is 0.556. The molecule has 1 aromatic rings. The van der Waals surface area contributed by atoms with Gasteiger partial charge in [-0.3, -0.25) is 0 Å². The van der Waals surface area contributed by atoms with E-state index < -0.39 is 5.97 Å². The van der Waals surface area contributed by atoms with E-state index in [2.05, 4.69) is 4.90 Å². The van der Waals surface area contributed by atoms with E-state index in [0.29, 0.717) is 24.9 Å². The van der Waals surface area contributed by atoms with Gasteiger partial charge in [0.05, 0.1) is 5.56 Å². The number of nitrogens with zero attached hydrogens (tertiary/aromatic N) is 2. The molecule has 1 N–H and O–H groups in total. The zero-order valence-electron chi connectivity index (χ0n) is 13.8. The van der Waals surface area contributed by atoms with Crippen LogP contribution < -0.4 is 4.74 Å². The fourth-order valence-electron chi connectivity index (χ4n) is 3.53. The minimum absolute atomic E-state index is 0.178. The van der Waals surface area contributed by atoms with E-state index in [1.165, 1.54) is 56.6 Å². The number of aromatic carboxylic acids is 1. The summed E-state index contributed by atoms with van der Waals surface area (Å²) >= 11 is 0. The van der Waals surface area contributed by atoms with Crippen molar-refractivity contribution in [1.82, 2.24) is 9.80 Å². The molecule has 0 radical (unpaired) electrons. The maximum atomic E-state index is 12.2. The van der Waals surface area contributed by atoms with Crippen LogP contribution in [0.4, 0.5) is 4.79 Å². The van der Waals surface area contributed by atoms with Gasteiger partial charge < -0.3 is 19.6 Å². The largest absolute Gasteiger partial charge is 0.478 e. The monoisotopic (exact) mass is 332 g/mol. The minimum atomic E-state index is -0.993. The van der Waals surface area contributed by atoms with E-state index in [4.69, 9.17) is 9.84 Å². The summed E-state index contributed by atoms with van der Waals surface area (Å²) in [4.78, 5) is 27.4. The molecule has 2 saturated heterocycles. The SMILES string of the molecule is O=C(O)c1ccc(OC(=O)N2CCC(N3CCCCC3)CC2)cc1. The number of carboxylic acids is 1. The van der Waals surface area contributed by atoms with Crippen LogP contribution in [0.15, 0.2) is 24.3 Å². The van der Waals surface area contributed by atoms with Crippen LogP contribution in [0.2, 0.25) is 0 Å². The van der Waals surface area contributed by atoms with Crippen molar-refractivity contribution in [3.63, 3.8) is 0 Å². The third-order valence-electron chi connectivity index (χ3n) is 4.94. The van der Waals surface area contributed by atoms with Gasteiger partial charge in [-0.25, -0.2) is 9.59 Å². The Balaban J connectivity index is 1.48. The summed E-state index contributed by atoms with van der Waals surface area (Å²) in [5.74, 6) is -0.615. The Labute approximate surface area is 142 Å². The van der Waals surface area contributed by atoms with Crippen LogP contribution in [0.25, 0.3) is 0 Å². The highest BCUT2D eigenvalue weighted by Crippen LogP contribution is 2.22. The lowest BCUT2D eigenvalue weighted by Crippen LogP contribution is -2.48. The molecule has 6 nitrogen and oxygen atoms in total. The molecular formula is C18H24N2O4. The molecule has 0 bridgehead atoms. The van der Waals surface area contributed by atoms with Crippen molar-refractivity contribution in [2.45, 2.75) is 38.1 Å². The first-order valence-corrected chi connectivity index (χ1v) is 8.67. The standard InChI is InChI=1S/C18H24N2O4/c21-17(22)14-4-6-16(7-5-14)24-18(23)20-12-8-15(9-13-20)19-10-2-1-3-11-19/h4-7,15H,1-3,8-13H2,(H,21,22). The predicted octanol–water partition coefficient (Wildman–Crippen LogP) is 2.83. The Morgan fingerprint density at radius 3 is 2.17 bits per heavy atom. The smallest absolute Gasteiger partial charge is 0.415 e. The van der Waals surface area contributed by atoms with Gasteiger partial charge in [0.25, 0.3) is 0 Å². The molecule has 24 heavy (non-hydrogen) atoms. The Kier molecular flexibility index (Phi) is 5.35.